The average molecular weight is 550 g/mol. The summed E-state index contributed by atoms with van der Waals surface area (Å²) in [5.74, 6) is -3.20. The van der Waals surface area contributed by atoms with Gasteiger partial charge in [-0.1, -0.05) is 58.4 Å². The van der Waals surface area contributed by atoms with Crippen molar-refractivity contribution in [3.8, 4) is 0 Å². The molecule has 6 nitrogen and oxygen atoms in total. The van der Waals surface area contributed by atoms with Crippen molar-refractivity contribution in [2.24, 2.45) is 0 Å². The van der Waals surface area contributed by atoms with Crippen LogP contribution >= 0.6 is 0 Å². The fraction of sp³-hybridized carbons (Fsp3) is 0.667. The maximum Gasteiger partial charge on any atom is 0.423 e. The molecule has 216 valence electrons. The number of carbonyl (C=O) groups excluding carboxylic acids is 1. The lowest BCUT2D eigenvalue weighted by Gasteiger charge is -2.28. The molecule has 0 spiro atoms. The number of carbonyl (C=O) groups is 1. The van der Waals surface area contributed by atoms with E-state index < -0.39 is 34.8 Å². The number of rotatable bonds is 19. The minimum absolute atomic E-state index is 0.0669. The molecule has 11 heteroatoms. The van der Waals surface area contributed by atoms with E-state index in [1.807, 2.05) is 7.05 Å². The molecule has 38 heavy (non-hydrogen) atoms. The first-order chi connectivity index (χ1) is 17.8. The first-order valence-electron chi connectivity index (χ1n) is 13.2. The van der Waals surface area contributed by atoms with Crippen LogP contribution < -0.4 is 4.90 Å². The molecule has 0 aliphatic carbocycles. The van der Waals surface area contributed by atoms with Crippen molar-refractivity contribution < 1.29 is 31.7 Å². The van der Waals surface area contributed by atoms with Crippen molar-refractivity contribution in [1.29, 1.82) is 0 Å². The molecule has 1 aromatic rings. The summed E-state index contributed by atoms with van der Waals surface area (Å²) in [5.41, 5.74) is -2.76. The molecule has 0 aromatic heterocycles. The van der Waals surface area contributed by atoms with E-state index >= 15 is 0 Å². The highest BCUT2D eigenvalue weighted by molar-refractivity contribution is 5.75. The highest BCUT2D eigenvalue weighted by atomic mass is 19.4. The smallest absolute Gasteiger partial charge is 0.365 e. The zero-order valence-corrected chi connectivity index (χ0v) is 22.4. The van der Waals surface area contributed by atoms with E-state index in [0.717, 1.165) is 68.9 Å². The van der Waals surface area contributed by atoms with Crippen LogP contribution in [0.15, 0.2) is 30.9 Å². The van der Waals surface area contributed by atoms with Crippen molar-refractivity contribution in [1.82, 2.24) is 4.90 Å². The van der Waals surface area contributed by atoms with Crippen molar-refractivity contribution in [2.45, 2.75) is 89.7 Å². The third kappa shape index (κ3) is 12.2. The normalized spacial score (nSPS) is 11.9. The van der Waals surface area contributed by atoms with Crippen LogP contribution in [0.1, 0.15) is 83.1 Å². The molecule has 0 heterocycles. The SMILES string of the molecule is C=CC(F)(F)CN(CCCCCCCCCC(=O)N(C)CCCCC)c1ccc([N+](=O)[O-])c(C(F)(F)F)c1. The molecule has 0 fully saturated rings. The number of unbranched alkanes of at least 4 members (excludes halogenated alkanes) is 8. The standard InChI is InChI=1S/C27H40F5N3O3/c1-4-6-13-18-33(3)25(36)15-12-10-8-7-9-11-14-19-34(21-26(28,29)5-2)22-16-17-24(35(37)38)23(20-22)27(30,31)32/h5,16-17,20H,2,4,6-15,18-19,21H2,1,3H3. The lowest BCUT2D eigenvalue weighted by atomic mass is 10.1. The third-order valence-electron chi connectivity index (χ3n) is 6.39. The summed E-state index contributed by atoms with van der Waals surface area (Å²) in [6, 6.07) is 2.32. The molecule has 0 bridgehead atoms. The fourth-order valence-corrected chi connectivity index (χ4v) is 4.10. The predicted octanol–water partition coefficient (Wildman–Crippen LogP) is 8.01. The molecule has 0 unspecified atom stereocenters. The van der Waals surface area contributed by atoms with Gasteiger partial charge in [0.15, 0.2) is 0 Å². The zero-order chi connectivity index (χ0) is 28.8. The van der Waals surface area contributed by atoms with E-state index in [2.05, 4.69) is 13.5 Å². The summed E-state index contributed by atoms with van der Waals surface area (Å²) >= 11 is 0. The van der Waals surface area contributed by atoms with Gasteiger partial charge < -0.3 is 9.80 Å². The molecule has 1 rings (SSSR count). The number of hydrogen-bond donors (Lipinski definition) is 0. The predicted molar refractivity (Wildman–Crippen MR) is 140 cm³/mol. The highest BCUT2D eigenvalue weighted by Crippen LogP contribution is 2.38. The molecule has 0 atom stereocenters. The number of anilines is 1. The molecular formula is C27H40F5N3O3. The van der Waals surface area contributed by atoms with Gasteiger partial charge in [-0.3, -0.25) is 14.9 Å². The van der Waals surface area contributed by atoms with E-state index in [-0.39, 0.29) is 18.1 Å². The minimum Gasteiger partial charge on any atom is -0.365 e. The summed E-state index contributed by atoms with van der Waals surface area (Å²) < 4.78 is 68.2. The molecule has 0 saturated carbocycles. The summed E-state index contributed by atoms with van der Waals surface area (Å²) in [5, 5.41) is 11.0. The van der Waals surface area contributed by atoms with Crippen molar-refractivity contribution in [3.05, 3.63) is 46.5 Å². The molecule has 0 aliphatic rings. The average Bonchev–Trinajstić information content (AvgIpc) is 2.85. The second kappa shape index (κ2) is 16.3. The van der Waals surface area contributed by atoms with Gasteiger partial charge in [0, 0.05) is 38.3 Å². The maximum absolute atomic E-state index is 14.0. The van der Waals surface area contributed by atoms with Gasteiger partial charge in [0.2, 0.25) is 5.91 Å². The van der Waals surface area contributed by atoms with Gasteiger partial charge in [-0.05, 0) is 37.5 Å². The van der Waals surface area contributed by atoms with Crippen LogP contribution in [-0.2, 0) is 11.0 Å². The van der Waals surface area contributed by atoms with Crippen molar-refractivity contribution >= 4 is 17.3 Å². The van der Waals surface area contributed by atoms with Crippen molar-refractivity contribution in [3.63, 3.8) is 0 Å². The van der Waals surface area contributed by atoms with Crippen LogP contribution in [0.4, 0.5) is 33.3 Å². The second-order valence-electron chi connectivity index (χ2n) is 9.59. The number of nitrogens with zero attached hydrogens (tertiary/aromatic N) is 3. The zero-order valence-electron chi connectivity index (χ0n) is 22.4. The Labute approximate surface area is 222 Å². The number of alkyl halides is 5. The van der Waals surface area contributed by atoms with Gasteiger partial charge in [0.1, 0.15) is 5.56 Å². The van der Waals surface area contributed by atoms with Gasteiger partial charge in [-0.15, -0.1) is 0 Å². The Bertz CT molecular complexity index is 893. The van der Waals surface area contributed by atoms with Gasteiger partial charge in [-0.25, -0.2) is 8.78 Å². The van der Waals surface area contributed by atoms with Crippen LogP contribution in [-0.4, -0.2) is 48.3 Å². The molecule has 0 N–H and O–H groups in total. The Kier molecular flexibility index (Phi) is 14.3. The van der Waals surface area contributed by atoms with Crippen LogP contribution in [0.25, 0.3) is 0 Å². The fourth-order valence-electron chi connectivity index (χ4n) is 4.10. The Morgan fingerprint density at radius 2 is 1.55 bits per heavy atom. The molecule has 1 amide bonds. The lowest BCUT2D eigenvalue weighted by Crippen LogP contribution is -2.36. The maximum atomic E-state index is 14.0. The van der Waals surface area contributed by atoms with Crippen molar-refractivity contribution in [2.75, 3.05) is 31.6 Å². The van der Waals surface area contributed by atoms with E-state index in [1.54, 1.807) is 4.90 Å². The lowest BCUT2D eigenvalue weighted by molar-refractivity contribution is -0.388. The molecule has 0 aliphatic heterocycles. The Hall–Kier alpha value is -2.72. The second-order valence-corrected chi connectivity index (χ2v) is 9.59. The number of hydrogen-bond acceptors (Lipinski definition) is 4. The van der Waals surface area contributed by atoms with E-state index in [9.17, 15) is 36.9 Å². The number of benzene rings is 1. The summed E-state index contributed by atoms with van der Waals surface area (Å²) in [4.78, 5) is 24.9. The number of amides is 1. The van der Waals surface area contributed by atoms with Gasteiger partial charge >= 0.3 is 6.18 Å². The van der Waals surface area contributed by atoms with Gasteiger partial charge in [0.25, 0.3) is 11.6 Å². The number of nitro groups is 1. The Morgan fingerprint density at radius 3 is 2.11 bits per heavy atom. The van der Waals surface area contributed by atoms with Gasteiger partial charge in [-0.2, -0.15) is 13.2 Å². The monoisotopic (exact) mass is 549 g/mol. The summed E-state index contributed by atoms with van der Waals surface area (Å²) in [6.07, 6.45) is 4.71. The number of halogens is 5. The molecule has 0 radical (unpaired) electrons. The topological polar surface area (TPSA) is 66.7 Å². The van der Waals surface area contributed by atoms with Crippen LogP contribution in [0.2, 0.25) is 0 Å². The van der Waals surface area contributed by atoms with Crippen LogP contribution in [0.5, 0.6) is 0 Å². The quantitative estimate of drug-likeness (QED) is 0.0576. The summed E-state index contributed by atoms with van der Waals surface area (Å²) in [7, 11) is 1.83. The van der Waals surface area contributed by atoms with Crippen LogP contribution in [0.3, 0.4) is 0 Å². The Balaban J connectivity index is 2.56. The first-order valence-corrected chi connectivity index (χ1v) is 13.2. The summed E-state index contributed by atoms with van der Waals surface area (Å²) in [6.45, 7) is 5.16. The van der Waals surface area contributed by atoms with E-state index in [0.29, 0.717) is 37.5 Å². The first kappa shape index (κ1) is 33.3. The largest absolute Gasteiger partial charge is 0.423 e. The molecule has 0 saturated heterocycles. The van der Waals surface area contributed by atoms with Crippen LogP contribution in [0, 0.1) is 10.1 Å². The van der Waals surface area contributed by atoms with Gasteiger partial charge in [0.05, 0.1) is 11.5 Å². The Morgan fingerprint density at radius 1 is 0.974 bits per heavy atom. The number of nitro benzene ring substituents is 1. The molecular weight excluding hydrogens is 509 g/mol. The third-order valence-corrected chi connectivity index (χ3v) is 6.39. The van der Waals surface area contributed by atoms with E-state index in [1.165, 1.54) is 0 Å². The molecule has 1 aromatic carbocycles. The van der Waals surface area contributed by atoms with E-state index in [4.69, 9.17) is 0 Å². The highest BCUT2D eigenvalue weighted by Gasteiger charge is 2.39. The minimum atomic E-state index is -5.00.